The van der Waals surface area contributed by atoms with Gasteiger partial charge in [0.15, 0.2) is 0 Å². The highest BCUT2D eigenvalue weighted by Crippen LogP contribution is 2.25. The molecule has 5 heteroatoms. The van der Waals surface area contributed by atoms with Crippen molar-refractivity contribution in [2.24, 2.45) is 0 Å². The molecular formula is C13H26N2O2S. The average Bonchev–Trinajstić information content (AvgIpc) is 2.61. The van der Waals surface area contributed by atoms with Crippen molar-refractivity contribution < 1.29 is 9.53 Å². The highest BCUT2D eigenvalue weighted by molar-refractivity contribution is 8.00. The molecule has 0 saturated carbocycles. The predicted molar refractivity (Wildman–Crippen MR) is 77.2 cm³/mol. The third-order valence-corrected chi connectivity index (χ3v) is 4.01. The van der Waals surface area contributed by atoms with E-state index in [1.54, 1.807) is 0 Å². The number of carbonyl (C=O) groups is 1. The molecule has 1 rings (SSSR count). The summed E-state index contributed by atoms with van der Waals surface area (Å²) in [7, 11) is 0. The Hall–Kier alpha value is -0.420. The molecule has 0 radical (unpaired) electrons. The first kappa shape index (κ1) is 15.6. The van der Waals surface area contributed by atoms with Crippen molar-refractivity contribution in [2.45, 2.75) is 57.4 Å². The van der Waals surface area contributed by atoms with Crippen molar-refractivity contribution in [2.75, 3.05) is 18.8 Å². The van der Waals surface area contributed by atoms with Crippen LogP contribution in [0, 0.1) is 0 Å². The normalized spacial score (nSPS) is 24.0. The predicted octanol–water partition coefficient (Wildman–Crippen LogP) is 2.38. The Kier molecular flexibility index (Phi) is 6.29. The van der Waals surface area contributed by atoms with Crippen LogP contribution in [0.3, 0.4) is 0 Å². The van der Waals surface area contributed by atoms with Crippen molar-refractivity contribution in [1.82, 2.24) is 10.6 Å². The molecule has 0 aromatic heterocycles. The van der Waals surface area contributed by atoms with E-state index >= 15 is 0 Å². The third kappa shape index (κ3) is 7.11. The third-order valence-electron chi connectivity index (χ3n) is 2.65. The maximum atomic E-state index is 11.4. The summed E-state index contributed by atoms with van der Waals surface area (Å²) in [5.74, 6) is 1.21. The number of amides is 1. The van der Waals surface area contributed by atoms with Crippen LogP contribution in [-0.2, 0) is 4.74 Å². The Morgan fingerprint density at radius 2 is 2.11 bits per heavy atom. The molecule has 0 aliphatic carbocycles. The van der Waals surface area contributed by atoms with Gasteiger partial charge in [0.2, 0.25) is 0 Å². The molecule has 106 valence electrons. The summed E-state index contributed by atoms with van der Waals surface area (Å²) in [6, 6.07) is 0.645. The van der Waals surface area contributed by atoms with Gasteiger partial charge in [-0.3, -0.25) is 0 Å². The van der Waals surface area contributed by atoms with E-state index in [2.05, 4.69) is 17.6 Å². The second-order valence-corrected chi connectivity index (χ2v) is 7.28. The van der Waals surface area contributed by atoms with Crippen LogP contribution in [0.1, 0.15) is 40.5 Å². The van der Waals surface area contributed by atoms with Crippen molar-refractivity contribution >= 4 is 17.9 Å². The Labute approximate surface area is 115 Å². The van der Waals surface area contributed by atoms with E-state index in [0.717, 1.165) is 18.2 Å². The maximum absolute atomic E-state index is 11.4. The van der Waals surface area contributed by atoms with E-state index in [1.165, 1.54) is 12.2 Å². The minimum atomic E-state index is -0.417. The molecule has 1 fully saturated rings. The lowest BCUT2D eigenvalue weighted by molar-refractivity contribution is 0.0527. The van der Waals surface area contributed by atoms with Gasteiger partial charge in [0.05, 0.1) is 0 Å². The zero-order valence-electron chi connectivity index (χ0n) is 11.9. The molecule has 2 atom stereocenters. The van der Waals surface area contributed by atoms with Crippen LogP contribution < -0.4 is 10.6 Å². The molecule has 18 heavy (non-hydrogen) atoms. The summed E-state index contributed by atoms with van der Waals surface area (Å²) in [6.45, 7) is 9.49. The molecule has 1 saturated heterocycles. The van der Waals surface area contributed by atoms with Crippen LogP contribution >= 0.6 is 11.8 Å². The molecule has 0 spiro atoms. The highest BCUT2D eigenvalue weighted by Gasteiger charge is 2.20. The summed E-state index contributed by atoms with van der Waals surface area (Å²) < 4.78 is 5.16. The zero-order valence-corrected chi connectivity index (χ0v) is 12.7. The Morgan fingerprint density at radius 1 is 1.39 bits per heavy atom. The molecule has 2 N–H and O–H groups in total. The maximum Gasteiger partial charge on any atom is 0.407 e. The van der Waals surface area contributed by atoms with E-state index < -0.39 is 5.60 Å². The first-order valence-electron chi connectivity index (χ1n) is 6.68. The second-order valence-electron chi connectivity index (χ2n) is 5.81. The van der Waals surface area contributed by atoms with Crippen LogP contribution in [0.4, 0.5) is 4.79 Å². The van der Waals surface area contributed by atoms with Gasteiger partial charge in [-0.2, -0.15) is 11.8 Å². The molecule has 1 aliphatic rings. The van der Waals surface area contributed by atoms with Gasteiger partial charge in [-0.1, -0.05) is 6.92 Å². The molecular weight excluding hydrogens is 248 g/mol. The Bertz CT molecular complexity index is 266. The quantitative estimate of drug-likeness (QED) is 0.756. The first-order chi connectivity index (χ1) is 8.37. The van der Waals surface area contributed by atoms with Gasteiger partial charge >= 0.3 is 6.09 Å². The number of carbonyl (C=O) groups excluding carboxylic acids is 1. The molecule has 0 bridgehead atoms. The molecule has 2 unspecified atom stereocenters. The van der Waals surface area contributed by atoms with Crippen molar-refractivity contribution in [3.8, 4) is 0 Å². The minimum absolute atomic E-state index is 0.326. The topological polar surface area (TPSA) is 50.4 Å². The number of thioether (sulfide) groups is 1. The fourth-order valence-corrected chi connectivity index (χ4v) is 3.04. The molecule has 1 aliphatic heterocycles. The largest absolute Gasteiger partial charge is 0.444 e. The summed E-state index contributed by atoms with van der Waals surface area (Å²) in [5, 5.41) is 7.07. The monoisotopic (exact) mass is 274 g/mol. The molecule has 1 amide bonds. The molecule has 4 nitrogen and oxygen atoms in total. The molecule has 1 heterocycles. The average molecular weight is 274 g/mol. The Morgan fingerprint density at radius 3 is 2.67 bits per heavy atom. The first-order valence-corrected chi connectivity index (χ1v) is 7.73. The lowest BCUT2D eigenvalue weighted by Crippen LogP contribution is -2.35. The number of ether oxygens (including phenoxy) is 1. The minimum Gasteiger partial charge on any atom is -0.444 e. The summed E-state index contributed by atoms with van der Waals surface area (Å²) in [4.78, 5) is 11.4. The smallest absolute Gasteiger partial charge is 0.407 e. The molecule has 0 aromatic rings. The van der Waals surface area contributed by atoms with Crippen molar-refractivity contribution in [3.63, 3.8) is 0 Å². The Balaban J connectivity index is 1.97. The summed E-state index contributed by atoms with van der Waals surface area (Å²) in [5.41, 5.74) is -0.417. The number of alkyl carbamates (subject to hydrolysis) is 1. The van der Waals surface area contributed by atoms with Crippen LogP contribution in [0.5, 0.6) is 0 Å². The number of rotatable bonds is 5. The highest BCUT2D eigenvalue weighted by atomic mass is 32.2. The standard InChI is InChI=1S/C13H26N2O2S/c1-10-8-11(9-18-10)14-6-5-7-15-12(16)17-13(2,3)4/h10-11,14H,5-9H2,1-4H3,(H,15,16). The van der Waals surface area contributed by atoms with Crippen molar-refractivity contribution in [1.29, 1.82) is 0 Å². The van der Waals surface area contributed by atoms with Crippen LogP contribution in [0.25, 0.3) is 0 Å². The van der Waals surface area contributed by atoms with Crippen LogP contribution in [0.15, 0.2) is 0 Å². The van der Waals surface area contributed by atoms with Gasteiger partial charge in [0.1, 0.15) is 5.60 Å². The van der Waals surface area contributed by atoms with Crippen LogP contribution in [-0.4, -0.2) is 41.8 Å². The zero-order chi connectivity index (χ0) is 13.6. The fourth-order valence-electron chi connectivity index (χ4n) is 1.86. The van der Waals surface area contributed by atoms with Gasteiger partial charge in [0, 0.05) is 23.6 Å². The van der Waals surface area contributed by atoms with Gasteiger partial charge in [-0.15, -0.1) is 0 Å². The summed E-state index contributed by atoms with van der Waals surface area (Å²) in [6.07, 6.45) is 1.87. The lowest BCUT2D eigenvalue weighted by Gasteiger charge is -2.19. The number of nitrogens with one attached hydrogen (secondary N) is 2. The number of hydrogen-bond acceptors (Lipinski definition) is 4. The summed E-state index contributed by atoms with van der Waals surface area (Å²) >= 11 is 2.03. The van der Waals surface area contributed by atoms with Gasteiger partial charge in [0.25, 0.3) is 0 Å². The molecule has 0 aromatic carbocycles. The SMILES string of the molecule is CC1CC(NCCCNC(=O)OC(C)(C)C)CS1. The number of hydrogen-bond donors (Lipinski definition) is 2. The van der Waals surface area contributed by atoms with E-state index in [0.29, 0.717) is 12.6 Å². The van der Waals surface area contributed by atoms with E-state index in [-0.39, 0.29) is 6.09 Å². The van der Waals surface area contributed by atoms with E-state index in [4.69, 9.17) is 4.74 Å². The fraction of sp³-hybridized carbons (Fsp3) is 0.923. The van der Waals surface area contributed by atoms with Gasteiger partial charge in [-0.25, -0.2) is 4.79 Å². The van der Waals surface area contributed by atoms with E-state index in [9.17, 15) is 4.79 Å². The van der Waals surface area contributed by atoms with E-state index in [1.807, 2.05) is 32.5 Å². The van der Waals surface area contributed by atoms with Crippen LogP contribution in [0.2, 0.25) is 0 Å². The lowest BCUT2D eigenvalue weighted by atomic mass is 10.2. The second kappa shape index (κ2) is 7.24. The van der Waals surface area contributed by atoms with Gasteiger partial charge < -0.3 is 15.4 Å². The van der Waals surface area contributed by atoms with Crippen molar-refractivity contribution in [3.05, 3.63) is 0 Å². The van der Waals surface area contributed by atoms with Gasteiger partial charge in [-0.05, 0) is 40.2 Å².